The van der Waals surface area contributed by atoms with E-state index in [1.807, 2.05) is 42.6 Å². The van der Waals surface area contributed by atoms with Gasteiger partial charge in [-0.05, 0) is 62.4 Å². The molecule has 2 saturated carbocycles. The van der Waals surface area contributed by atoms with Gasteiger partial charge in [-0.15, -0.1) is 0 Å². The highest BCUT2D eigenvalue weighted by atomic mass is 32.1. The summed E-state index contributed by atoms with van der Waals surface area (Å²) in [5, 5.41) is 11.4. The number of carbonyl (C=O) groups is 2. The van der Waals surface area contributed by atoms with Crippen molar-refractivity contribution in [3.05, 3.63) is 54.7 Å². The fraction of sp³-hybridized carbons (Fsp3) is 0.379. The largest absolute Gasteiger partial charge is 0.381 e. The lowest BCUT2D eigenvalue weighted by atomic mass is 9.85. The molecule has 7 nitrogen and oxygen atoms in total. The number of amides is 2. The molecular formula is C29H31N5O2S. The fourth-order valence-corrected chi connectivity index (χ4v) is 6.55. The van der Waals surface area contributed by atoms with E-state index in [0.29, 0.717) is 5.13 Å². The molecule has 0 radical (unpaired) electrons. The monoisotopic (exact) mass is 513 g/mol. The number of rotatable bonds is 6. The lowest BCUT2D eigenvalue weighted by Gasteiger charge is -2.29. The lowest BCUT2D eigenvalue weighted by Crippen LogP contribution is -2.33. The van der Waals surface area contributed by atoms with Gasteiger partial charge in [0.1, 0.15) is 0 Å². The molecule has 3 N–H and O–H groups in total. The Hall–Kier alpha value is -3.52. The summed E-state index contributed by atoms with van der Waals surface area (Å²) >= 11 is 1.45. The first kappa shape index (κ1) is 23.9. The van der Waals surface area contributed by atoms with Crippen LogP contribution < -0.4 is 16.0 Å². The molecule has 190 valence electrons. The summed E-state index contributed by atoms with van der Waals surface area (Å²) in [6.07, 6.45) is 9.78. The number of hydrogen-bond acceptors (Lipinski definition) is 6. The van der Waals surface area contributed by atoms with Crippen LogP contribution in [0.1, 0.15) is 51.4 Å². The summed E-state index contributed by atoms with van der Waals surface area (Å²) in [5.41, 5.74) is 3.57. The smallest absolute Gasteiger partial charge is 0.229 e. The number of anilines is 3. The second-order valence-electron chi connectivity index (χ2n) is 10.3. The summed E-state index contributed by atoms with van der Waals surface area (Å²) in [6, 6.07) is 16.2. The first-order chi connectivity index (χ1) is 18.1. The average molecular weight is 514 g/mol. The molecule has 0 bridgehead atoms. The van der Waals surface area contributed by atoms with Crippen LogP contribution in [0.2, 0.25) is 0 Å². The van der Waals surface area contributed by atoms with Crippen LogP contribution in [0, 0.1) is 11.8 Å². The zero-order valence-electron chi connectivity index (χ0n) is 20.7. The third-order valence-electron chi connectivity index (χ3n) is 7.62. The summed E-state index contributed by atoms with van der Waals surface area (Å²) in [4.78, 5) is 34.7. The van der Waals surface area contributed by atoms with Crippen molar-refractivity contribution in [1.29, 1.82) is 0 Å². The number of carbonyl (C=O) groups excluding carboxylic acids is 2. The van der Waals surface area contributed by atoms with Crippen molar-refractivity contribution in [3.63, 3.8) is 0 Å². The van der Waals surface area contributed by atoms with E-state index < -0.39 is 0 Å². The van der Waals surface area contributed by atoms with Crippen molar-refractivity contribution in [1.82, 2.24) is 9.97 Å². The van der Waals surface area contributed by atoms with Gasteiger partial charge in [0.2, 0.25) is 11.8 Å². The molecule has 2 fully saturated rings. The molecule has 2 aliphatic rings. The molecular weight excluding hydrogens is 482 g/mol. The van der Waals surface area contributed by atoms with Gasteiger partial charge in [-0.3, -0.25) is 14.6 Å². The number of nitrogens with zero attached hydrogens (tertiary/aromatic N) is 2. The molecule has 0 saturated heterocycles. The zero-order valence-corrected chi connectivity index (χ0v) is 21.5. The summed E-state index contributed by atoms with van der Waals surface area (Å²) in [7, 11) is 0. The molecule has 2 aromatic heterocycles. The van der Waals surface area contributed by atoms with Crippen molar-refractivity contribution in [3.8, 4) is 0 Å². The highest BCUT2D eigenvalue weighted by molar-refractivity contribution is 7.22. The second kappa shape index (κ2) is 10.5. The van der Waals surface area contributed by atoms with E-state index in [9.17, 15) is 9.59 Å². The summed E-state index contributed by atoms with van der Waals surface area (Å²) in [5.74, 6) is 0.193. The summed E-state index contributed by atoms with van der Waals surface area (Å²) in [6.45, 7) is 0. The Kier molecular flexibility index (Phi) is 6.74. The summed E-state index contributed by atoms with van der Waals surface area (Å²) < 4.78 is 0.950. The molecule has 2 heterocycles. The zero-order chi connectivity index (χ0) is 25.2. The Morgan fingerprint density at radius 2 is 1.62 bits per heavy atom. The molecule has 2 aromatic carbocycles. The Labute approximate surface area is 220 Å². The quantitative estimate of drug-likeness (QED) is 0.271. The predicted molar refractivity (Wildman–Crippen MR) is 150 cm³/mol. The topological polar surface area (TPSA) is 96.0 Å². The third-order valence-corrected chi connectivity index (χ3v) is 8.55. The van der Waals surface area contributed by atoms with Gasteiger partial charge in [-0.25, -0.2) is 4.98 Å². The molecule has 4 aromatic rings. The van der Waals surface area contributed by atoms with E-state index >= 15 is 0 Å². The number of para-hydroxylation sites is 1. The minimum atomic E-state index is -0.0434. The first-order valence-corrected chi connectivity index (χ1v) is 14.1. The molecule has 2 unspecified atom stereocenters. The van der Waals surface area contributed by atoms with Crippen molar-refractivity contribution in [2.75, 3.05) is 16.0 Å². The number of pyridine rings is 1. The molecule has 2 amide bonds. The van der Waals surface area contributed by atoms with Crippen molar-refractivity contribution >= 4 is 60.8 Å². The predicted octanol–water partition coefficient (Wildman–Crippen LogP) is 6.58. The minimum Gasteiger partial charge on any atom is -0.381 e. The van der Waals surface area contributed by atoms with Crippen LogP contribution in [0.5, 0.6) is 0 Å². The number of thiazole rings is 1. The van der Waals surface area contributed by atoms with Gasteiger partial charge in [-0.2, -0.15) is 0 Å². The van der Waals surface area contributed by atoms with Crippen LogP contribution in [-0.4, -0.2) is 27.8 Å². The minimum absolute atomic E-state index is 0.0434. The Bertz CT molecular complexity index is 1440. The first-order valence-electron chi connectivity index (χ1n) is 13.2. The number of hydrogen-bond donors (Lipinski definition) is 3. The lowest BCUT2D eigenvalue weighted by molar-refractivity contribution is -0.121. The molecule has 37 heavy (non-hydrogen) atoms. The van der Waals surface area contributed by atoms with Crippen LogP contribution in [0.3, 0.4) is 0 Å². The van der Waals surface area contributed by atoms with Gasteiger partial charge in [0.05, 0.1) is 27.6 Å². The van der Waals surface area contributed by atoms with E-state index in [1.165, 1.54) is 11.3 Å². The number of nitrogens with one attached hydrogen (secondary N) is 3. The van der Waals surface area contributed by atoms with Crippen LogP contribution in [0.25, 0.3) is 21.1 Å². The highest BCUT2D eigenvalue weighted by Crippen LogP contribution is 2.32. The molecule has 2 aliphatic carbocycles. The number of aromatic nitrogens is 2. The van der Waals surface area contributed by atoms with E-state index in [2.05, 4.69) is 38.1 Å². The van der Waals surface area contributed by atoms with Crippen LogP contribution in [0.15, 0.2) is 54.7 Å². The maximum absolute atomic E-state index is 13.2. The molecule has 2 atom stereocenters. The van der Waals surface area contributed by atoms with E-state index in [4.69, 9.17) is 0 Å². The van der Waals surface area contributed by atoms with Crippen LogP contribution >= 0.6 is 11.3 Å². The third kappa shape index (κ3) is 5.44. The SMILES string of the molecule is O=C(Nc1ccc2nc(NC(=O)C3CCCC3)sc2c1)C1CCCC(Nc2cnc3ccccc3c2)C1. The standard InChI is InChI=1S/C29H31N5O2S/c35-27(18-6-1-2-7-18)34-29-33-25-13-12-22(16-26(25)37-29)32-28(36)20-9-5-10-21(15-20)31-23-14-19-8-3-4-11-24(19)30-17-23/h3-4,8,11-14,16-18,20-21,31H,1-2,5-7,9-10,15H2,(H,32,36)(H,33,34,35). The molecule has 8 heteroatoms. The van der Waals surface area contributed by atoms with Crippen LogP contribution in [-0.2, 0) is 9.59 Å². The highest BCUT2D eigenvalue weighted by Gasteiger charge is 2.28. The Morgan fingerprint density at radius 1 is 0.811 bits per heavy atom. The van der Waals surface area contributed by atoms with Gasteiger partial charge in [0, 0.05) is 29.0 Å². The Balaban J connectivity index is 1.08. The van der Waals surface area contributed by atoms with Crippen molar-refractivity contribution in [2.45, 2.75) is 57.4 Å². The maximum atomic E-state index is 13.2. The van der Waals surface area contributed by atoms with Crippen molar-refractivity contribution in [2.24, 2.45) is 11.8 Å². The second-order valence-corrected chi connectivity index (χ2v) is 11.3. The fourth-order valence-electron chi connectivity index (χ4n) is 5.64. The van der Waals surface area contributed by atoms with Gasteiger partial charge in [-0.1, -0.05) is 48.8 Å². The average Bonchev–Trinajstić information content (AvgIpc) is 3.59. The van der Waals surface area contributed by atoms with E-state index in [-0.39, 0.29) is 29.7 Å². The van der Waals surface area contributed by atoms with Crippen molar-refractivity contribution < 1.29 is 9.59 Å². The molecule has 0 spiro atoms. The Morgan fingerprint density at radius 3 is 2.51 bits per heavy atom. The van der Waals surface area contributed by atoms with Gasteiger partial charge < -0.3 is 16.0 Å². The van der Waals surface area contributed by atoms with Gasteiger partial charge in [0.15, 0.2) is 5.13 Å². The normalized spacial score (nSPS) is 20.2. The maximum Gasteiger partial charge on any atom is 0.229 e. The van der Waals surface area contributed by atoms with E-state index in [0.717, 1.165) is 83.9 Å². The van der Waals surface area contributed by atoms with Crippen LogP contribution in [0.4, 0.5) is 16.5 Å². The van der Waals surface area contributed by atoms with Gasteiger partial charge in [0.25, 0.3) is 0 Å². The number of fused-ring (bicyclic) bond motifs is 2. The molecule has 0 aliphatic heterocycles. The van der Waals surface area contributed by atoms with Gasteiger partial charge >= 0.3 is 0 Å². The van der Waals surface area contributed by atoms with E-state index in [1.54, 1.807) is 0 Å². The molecule has 6 rings (SSSR count). The number of benzene rings is 2.